The number of likely N-dealkylation sites (tertiary alicyclic amines) is 1. The molecule has 0 aromatic rings. The van der Waals surface area contributed by atoms with Crippen molar-refractivity contribution in [2.75, 3.05) is 13.1 Å². The summed E-state index contributed by atoms with van der Waals surface area (Å²) >= 11 is 0. The Morgan fingerprint density at radius 2 is 1.69 bits per heavy atom. The molecular formula is C7H11F3N2O. The molecule has 0 atom stereocenters. The second-order valence-corrected chi connectivity index (χ2v) is 2.98. The van der Waals surface area contributed by atoms with Crippen molar-refractivity contribution in [2.45, 2.75) is 25.6 Å². The topological polar surface area (TPSA) is 32.3 Å². The quantitative estimate of drug-likeness (QED) is 0.587. The highest BCUT2D eigenvalue weighted by molar-refractivity contribution is 5.74. The van der Waals surface area contributed by atoms with E-state index in [1.807, 2.05) is 0 Å². The summed E-state index contributed by atoms with van der Waals surface area (Å²) < 4.78 is 35.1. The average molecular weight is 196 g/mol. The van der Waals surface area contributed by atoms with Crippen LogP contribution in [0.3, 0.4) is 0 Å². The first kappa shape index (κ1) is 10.1. The molecule has 1 heterocycles. The minimum Gasteiger partial charge on any atom is -0.325 e. The number of nitrogens with one attached hydrogen (secondary N) is 1. The summed E-state index contributed by atoms with van der Waals surface area (Å²) in [6.07, 6.45) is -2.07. The van der Waals surface area contributed by atoms with E-state index >= 15 is 0 Å². The molecule has 0 saturated carbocycles. The number of carbonyl (C=O) groups is 1. The lowest BCUT2D eigenvalue weighted by Crippen LogP contribution is -2.48. The monoisotopic (exact) mass is 196 g/mol. The number of amides is 2. The second-order valence-electron chi connectivity index (χ2n) is 2.98. The molecule has 0 bridgehead atoms. The maximum Gasteiger partial charge on any atom is 0.485 e. The number of alkyl halides is 3. The van der Waals surface area contributed by atoms with E-state index in [0.717, 1.165) is 24.6 Å². The predicted octanol–water partition coefficient (Wildman–Crippen LogP) is 1.70. The number of piperidine rings is 1. The van der Waals surface area contributed by atoms with Crippen molar-refractivity contribution in [1.29, 1.82) is 0 Å². The Morgan fingerprint density at radius 3 is 2.15 bits per heavy atom. The van der Waals surface area contributed by atoms with Gasteiger partial charge in [-0.1, -0.05) is 0 Å². The molecule has 6 heteroatoms. The van der Waals surface area contributed by atoms with Crippen molar-refractivity contribution in [3.63, 3.8) is 0 Å². The van der Waals surface area contributed by atoms with Crippen molar-refractivity contribution < 1.29 is 18.0 Å². The molecule has 1 rings (SSSR count). The number of halogens is 3. The van der Waals surface area contributed by atoms with Gasteiger partial charge in [-0.15, -0.1) is 0 Å². The van der Waals surface area contributed by atoms with E-state index < -0.39 is 12.3 Å². The van der Waals surface area contributed by atoms with Crippen molar-refractivity contribution in [2.24, 2.45) is 0 Å². The van der Waals surface area contributed by atoms with Crippen molar-refractivity contribution >= 4 is 6.03 Å². The van der Waals surface area contributed by atoms with E-state index in [-0.39, 0.29) is 0 Å². The molecule has 2 amide bonds. The van der Waals surface area contributed by atoms with Crippen molar-refractivity contribution in [3.8, 4) is 0 Å². The van der Waals surface area contributed by atoms with Gasteiger partial charge in [0.1, 0.15) is 0 Å². The van der Waals surface area contributed by atoms with Gasteiger partial charge in [-0.3, -0.25) is 0 Å². The second kappa shape index (κ2) is 3.85. The molecule has 0 unspecified atom stereocenters. The lowest BCUT2D eigenvalue weighted by molar-refractivity contribution is -0.147. The maximum absolute atomic E-state index is 11.7. The van der Waals surface area contributed by atoms with Crippen molar-refractivity contribution in [1.82, 2.24) is 10.2 Å². The van der Waals surface area contributed by atoms with Crippen LogP contribution in [-0.2, 0) is 0 Å². The van der Waals surface area contributed by atoms with Crippen LogP contribution in [0.5, 0.6) is 0 Å². The average Bonchev–Trinajstić information content (AvgIpc) is 2.03. The highest BCUT2D eigenvalue weighted by Crippen LogP contribution is 2.13. The van der Waals surface area contributed by atoms with Gasteiger partial charge in [-0.05, 0) is 19.3 Å². The van der Waals surface area contributed by atoms with E-state index in [1.165, 1.54) is 4.90 Å². The van der Waals surface area contributed by atoms with E-state index in [2.05, 4.69) is 0 Å². The molecule has 1 N–H and O–H groups in total. The van der Waals surface area contributed by atoms with Crippen LogP contribution in [-0.4, -0.2) is 30.3 Å². The van der Waals surface area contributed by atoms with Gasteiger partial charge in [0.05, 0.1) is 0 Å². The smallest absolute Gasteiger partial charge is 0.325 e. The summed E-state index contributed by atoms with van der Waals surface area (Å²) in [5.74, 6) is 0. The minimum absolute atomic E-state index is 0.419. The number of hydrogen-bond acceptors (Lipinski definition) is 1. The number of hydrogen-bond donors (Lipinski definition) is 1. The van der Waals surface area contributed by atoms with Gasteiger partial charge >= 0.3 is 12.3 Å². The van der Waals surface area contributed by atoms with Gasteiger partial charge in [0.25, 0.3) is 0 Å². The zero-order valence-corrected chi connectivity index (χ0v) is 7.02. The van der Waals surface area contributed by atoms with Crippen LogP contribution in [0.4, 0.5) is 18.0 Å². The van der Waals surface area contributed by atoms with Crippen LogP contribution in [0.1, 0.15) is 19.3 Å². The third-order valence-electron chi connectivity index (χ3n) is 1.89. The first-order valence-electron chi connectivity index (χ1n) is 4.13. The Hall–Kier alpha value is -0.940. The molecule has 0 aromatic heterocycles. The Labute approximate surface area is 73.9 Å². The third-order valence-corrected chi connectivity index (χ3v) is 1.89. The fourth-order valence-corrected chi connectivity index (χ4v) is 1.30. The molecule has 1 fully saturated rings. The fraction of sp³-hybridized carbons (Fsp3) is 0.857. The predicted molar refractivity (Wildman–Crippen MR) is 40.0 cm³/mol. The number of nitrogens with zero attached hydrogens (tertiary/aromatic N) is 1. The fourth-order valence-electron chi connectivity index (χ4n) is 1.30. The molecule has 13 heavy (non-hydrogen) atoms. The highest BCUT2D eigenvalue weighted by Gasteiger charge is 2.32. The molecule has 1 aliphatic heterocycles. The first-order chi connectivity index (χ1) is 5.99. The van der Waals surface area contributed by atoms with Crippen LogP contribution in [0.15, 0.2) is 0 Å². The van der Waals surface area contributed by atoms with Gasteiger partial charge in [0.15, 0.2) is 0 Å². The summed E-state index contributed by atoms with van der Waals surface area (Å²) in [4.78, 5) is 12.1. The van der Waals surface area contributed by atoms with E-state index in [0.29, 0.717) is 13.1 Å². The highest BCUT2D eigenvalue weighted by atomic mass is 19.4. The van der Waals surface area contributed by atoms with Gasteiger partial charge in [0, 0.05) is 13.1 Å². The summed E-state index contributed by atoms with van der Waals surface area (Å²) in [6.45, 7) is 0.837. The van der Waals surface area contributed by atoms with E-state index in [4.69, 9.17) is 0 Å². The molecular weight excluding hydrogens is 185 g/mol. The third kappa shape index (κ3) is 3.52. The molecule has 1 saturated heterocycles. The number of urea groups is 1. The van der Waals surface area contributed by atoms with Gasteiger partial charge in [0.2, 0.25) is 0 Å². The summed E-state index contributed by atoms with van der Waals surface area (Å²) in [5, 5.41) is 0.976. The molecule has 0 radical (unpaired) electrons. The summed E-state index contributed by atoms with van der Waals surface area (Å²) in [6, 6.07) is -1.03. The van der Waals surface area contributed by atoms with Gasteiger partial charge < -0.3 is 4.90 Å². The van der Waals surface area contributed by atoms with Crippen molar-refractivity contribution in [3.05, 3.63) is 0 Å². The van der Waals surface area contributed by atoms with Crippen LogP contribution in [0, 0.1) is 0 Å². The zero-order valence-electron chi connectivity index (χ0n) is 7.02. The Kier molecular flexibility index (Phi) is 3.00. The lowest BCUT2D eigenvalue weighted by atomic mass is 10.1. The standard InChI is InChI=1S/C7H11F3N2O/c8-7(9,10)11-6(13)12-4-2-1-3-5-12/h1-5H2,(H,11,13). The number of rotatable bonds is 0. The van der Waals surface area contributed by atoms with Gasteiger partial charge in [-0.25, -0.2) is 10.1 Å². The summed E-state index contributed by atoms with van der Waals surface area (Å²) in [5.41, 5.74) is 0. The zero-order chi connectivity index (χ0) is 9.90. The Morgan fingerprint density at radius 1 is 1.15 bits per heavy atom. The van der Waals surface area contributed by atoms with Gasteiger partial charge in [-0.2, -0.15) is 13.2 Å². The molecule has 0 aliphatic carbocycles. The van der Waals surface area contributed by atoms with E-state index in [9.17, 15) is 18.0 Å². The molecule has 0 aromatic carbocycles. The van der Waals surface area contributed by atoms with Crippen LogP contribution < -0.4 is 5.32 Å². The number of carbonyl (C=O) groups excluding carboxylic acids is 1. The SMILES string of the molecule is O=C(NC(F)(F)F)N1CCCCC1. The molecule has 0 spiro atoms. The maximum atomic E-state index is 11.7. The minimum atomic E-state index is -4.62. The lowest BCUT2D eigenvalue weighted by Gasteiger charge is -2.27. The van der Waals surface area contributed by atoms with Crippen LogP contribution >= 0.6 is 0 Å². The largest absolute Gasteiger partial charge is 0.485 e. The summed E-state index contributed by atoms with van der Waals surface area (Å²) in [7, 11) is 0. The Bertz CT molecular complexity index is 187. The molecule has 1 aliphatic rings. The van der Waals surface area contributed by atoms with Crippen LogP contribution in [0.2, 0.25) is 0 Å². The van der Waals surface area contributed by atoms with E-state index in [1.54, 1.807) is 0 Å². The first-order valence-corrected chi connectivity index (χ1v) is 4.13. The molecule has 3 nitrogen and oxygen atoms in total. The normalized spacial score (nSPS) is 18.5. The van der Waals surface area contributed by atoms with Crippen LogP contribution in [0.25, 0.3) is 0 Å². The molecule has 76 valence electrons. The Balaban J connectivity index is 2.38.